The molecule has 1 saturated heterocycles. The van der Waals surface area contributed by atoms with E-state index in [4.69, 9.17) is 25.8 Å². The predicted molar refractivity (Wildman–Crippen MR) is 160 cm³/mol. The zero-order valence-corrected chi connectivity index (χ0v) is 24.9. The third kappa shape index (κ3) is 8.45. The van der Waals surface area contributed by atoms with Gasteiger partial charge in [0.05, 0.1) is 23.8 Å². The Kier molecular flexibility index (Phi) is 13.4. The molecule has 2 aromatic carbocycles. The number of fused-ring (bicyclic) bond motifs is 1. The summed E-state index contributed by atoms with van der Waals surface area (Å²) >= 11 is 5.99. The van der Waals surface area contributed by atoms with Crippen molar-refractivity contribution in [2.75, 3.05) is 52.4 Å². The van der Waals surface area contributed by atoms with E-state index < -0.39 is 5.82 Å². The molecule has 9 nitrogen and oxygen atoms in total. The van der Waals surface area contributed by atoms with Crippen molar-refractivity contribution in [1.29, 1.82) is 0 Å². The van der Waals surface area contributed by atoms with Gasteiger partial charge in [-0.05, 0) is 30.7 Å². The summed E-state index contributed by atoms with van der Waals surface area (Å²) in [6.07, 6.45) is 2.73. The average molecular weight is 617 g/mol. The molecule has 13 heteroatoms. The number of benzene rings is 2. The van der Waals surface area contributed by atoms with Gasteiger partial charge in [0.15, 0.2) is 0 Å². The van der Waals surface area contributed by atoms with Gasteiger partial charge in [0, 0.05) is 75.1 Å². The van der Waals surface area contributed by atoms with Gasteiger partial charge in [0.2, 0.25) is 5.91 Å². The minimum Gasteiger partial charge on any atom is -0.491 e. The molecule has 1 atom stereocenters. The highest BCUT2D eigenvalue weighted by molar-refractivity contribution is 6.31. The van der Waals surface area contributed by atoms with E-state index in [1.165, 1.54) is 25.4 Å². The fourth-order valence-electron chi connectivity index (χ4n) is 4.52. The van der Waals surface area contributed by atoms with E-state index in [-0.39, 0.29) is 41.8 Å². The summed E-state index contributed by atoms with van der Waals surface area (Å²) in [4.78, 5) is 27.3. The number of anilines is 2. The van der Waals surface area contributed by atoms with Gasteiger partial charge in [-0.2, -0.15) is 0 Å². The number of likely N-dealkylation sites (tertiary alicyclic amines) is 1. The second kappa shape index (κ2) is 16.0. The van der Waals surface area contributed by atoms with Crippen molar-refractivity contribution in [2.24, 2.45) is 4.99 Å². The maximum absolute atomic E-state index is 13.7. The molecule has 218 valence electrons. The first-order valence-corrected chi connectivity index (χ1v) is 12.7. The summed E-state index contributed by atoms with van der Waals surface area (Å²) in [5, 5.41) is 4.00. The predicted octanol–water partition coefficient (Wildman–Crippen LogP) is 5.81. The van der Waals surface area contributed by atoms with Crippen LogP contribution in [0, 0.1) is 5.82 Å². The number of methoxy groups -OCH3 is 2. The number of hydrogen-bond acceptors (Lipinski definition) is 8. The molecular formula is C27H33Cl3FN5O4. The molecule has 1 amide bonds. The van der Waals surface area contributed by atoms with E-state index in [2.05, 4.69) is 25.2 Å². The van der Waals surface area contributed by atoms with Gasteiger partial charge in [-0.25, -0.2) is 19.4 Å². The quantitative estimate of drug-likeness (QED) is 0.285. The van der Waals surface area contributed by atoms with E-state index in [1.807, 2.05) is 12.1 Å². The van der Waals surface area contributed by atoms with Crippen molar-refractivity contribution in [3.8, 4) is 5.75 Å². The Morgan fingerprint density at radius 1 is 1.15 bits per heavy atom. The number of amides is 1. The zero-order valence-electron chi connectivity index (χ0n) is 22.5. The zero-order chi connectivity index (χ0) is 27.1. The molecular weight excluding hydrogens is 584 g/mol. The Bertz CT molecular complexity index is 1330. The number of nitrogens with one attached hydrogen (secondary N) is 1. The molecule has 1 N–H and O–H groups in total. The van der Waals surface area contributed by atoms with E-state index in [0.717, 1.165) is 23.2 Å². The van der Waals surface area contributed by atoms with Crippen LogP contribution in [0.4, 0.5) is 15.9 Å². The largest absolute Gasteiger partial charge is 0.491 e. The molecule has 1 fully saturated rings. The fraction of sp³-hybridized carbons (Fsp3) is 0.407. The van der Waals surface area contributed by atoms with Crippen LogP contribution >= 0.6 is 36.4 Å². The Morgan fingerprint density at radius 2 is 1.93 bits per heavy atom. The van der Waals surface area contributed by atoms with Crippen molar-refractivity contribution in [3.63, 3.8) is 0 Å². The lowest BCUT2D eigenvalue weighted by atomic mass is 9.92. The van der Waals surface area contributed by atoms with Gasteiger partial charge in [0.1, 0.15) is 30.3 Å². The van der Waals surface area contributed by atoms with Crippen LogP contribution in [0.1, 0.15) is 31.4 Å². The second-order valence-electron chi connectivity index (χ2n) is 8.92. The molecule has 2 heterocycles. The summed E-state index contributed by atoms with van der Waals surface area (Å²) in [5.74, 6) is 0.498. The Hall–Kier alpha value is -2.60. The van der Waals surface area contributed by atoms with Crippen LogP contribution in [0.5, 0.6) is 5.75 Å². The van der Waals surface area contributed by atoms with Gasteiger partial charge in [0.25, 0.3) is 0 Å². The highest BCUT2D eigenvalue weighted by Gasteiger charge is 2.30. The highest BCUT2D eigenvalue weighted by atomic mass is 35.5. The molecule has 0 bridgehead atoms. The molecule has 0 radical (unpaired) electrons. The number of aromatic nitrogens is 2. The summed E-state index contributed by atoms with van der Waals surface area (Å²) < 4.78 is 30.4. The van der Waals surface area contributed by atoms with E-state index in [9.17, 15) is 9.18 Å². The number of aliphatic imine (C=N–C) groups is 1. The second-order valence-corrected chi connectivity index (χ2v) is 9.33. The van der Waals surface area contributed by atoms with Gasteiger partial charge >= 0.3 is 0 Å². The van der Waals surface area contributed by atoms with Crippen LogP contribution < -0.4 is 10.1 Å². The molecule has 0 aliphatic carbocycles. The number of piperidine rings is 1. The Balaban J connectivity index is 0.00000280. The first-order chi connectivity index (χ1) is 18.4. The summed E-state index contributed by atoms with van der Waals surface area (Å²) in [6.45, 7) is 4.23. The molecule has 1 unspecified atom stereocenters. The summed E-state index contributed by atoms with van der Waals surface area (Å²) in [6, 6.07) is 8.17. The lowest BCUT2D eigenvalue weighted by Gasteiger charge is -2.37. The van der Waals surface area contributed by atoms with Gasteiger partial charge in [-0.3, -0.25) is 9.69 Å². The molecule has 1 aliphatic rings. The number of rotatable bonds is 10. The van der Waals surface area contributed by atoms with Crippen LogP contribution in [0.2, 0.25) is 5.02 Å². The van der Waals surface area contributed by atoms with Gasteiger partial charge in [-0.1, -0.05) is 11.6 Å². The molecule has 1 aliphatic heterocycles. The number of carbonyl (C=O) groups is 1. The van der Waals surface area contributed by atoms with Crippen molar-refractivity contribution in [3.05, 3.63) is 53.1 Å². The number of ether oxygens (including phenoxy) is 3. The Morgan fingerprint density at radius 3 is 2.62 bits per heavy atom. The minimum absolute atomic E-state index is 0. The highest BCUT2D eigenvalue weighted by Crippen LogP contribution is 2.39. The normalized spacial score (nSPS) is 16.3. The third-order valence-electron chi connectivity index (χ3n) is 6.31. The van der Waals surface area contributed by atoms with E-state index in [1.54, 1.807) is 20.3 Å². The van der Waals surface area contributed by atoms with E-state index >= 15 is 0 Å². The number of hydrogen-bond donors (Lipinski definition) is 1. The van der Waals surface area contributed by atoms with Gasteiger partial charge in [-0.15, -0.1) is 24.8 Å². The summed E-state index contributed by atoms with van der Waals surface area (Å²) in [7, 11) is 3.30. The maximum atomic E-state index is 13.7. The van der Waals surface area contributed by atoms with Crippen LogP contribution in [0.3, 0.4) is 0 Å². The van der Waals surface area contributed by atoms with Crippen molar-refractivity contribution in [2.45, 2.75) is 25.8 Å². The average Bonchev–Trinajstić information content (AvgIpc) is 2.89. The molecule has 0 spiro atoms. The van der Waals surface area contributed by atoms with Crippen LogP contribution in [0.25, 0.3) is 10.9 Å². The van der Waals surface area contributed by atoms with Crippen molar-refractivity contribution in [1.82, 2.24) is 14.9 Å². The molecule has 1 aromatic heterocycles. The first kappa shape index (κ1) is 33.6. The monoisotopic (exact) mass is 615 g/mol. The fourth-order valence-corrected chi connectivity index (χ4v) is 4.70. The van der Waals surface area contributed by atoms with Crippen LogP contribution in [-0.2, 0) is 14.3 Å². The smallest absolute Gasteiger partial charge is 0.242 e. The lowest BCUT2D eigenvalue weighted by molar-refractivity contribution is -0.115. The maximum Gasteiger partial charge on any atom is 0.242 e. The molecule has 4 rings (SSSR count). The SMILES string of the molecule is COCCOc1cc2ncnc(Nc3ccc(F)c(Cl)c3)c2cc1C1CC(=NC(C)=O)CCN1CCOC.Cl.Cl. The minimum atomic E-state index is -0.499. The lowest BCUT2D eigenvalue weighted by Crippen LogP contribution is -2.39. The summed E-state index contributed by atoms with van der Waals surface area (Å²) in [5.41, 5.74) is 3.02. The molecule has 40 heavy (non-hydrogen) atoms. The molecule has 0 saturated carbocycles. The first-order valence-electron chi connectivity index (χ1n) is 12.3. The van der Waals surface area contributed by atoms with Crippen LogP contribution in [0.15, 0.2) is 41.7 Å². The third-order valence-corrected chi connectivity index (χ3v) is 6.60. The van der Waals surface area contributed by atoms with E-state index in [0.29, 0.717) is 62.0 Å². The number of carbonyl (C=O) groups excluding carboxylic acids is 1. The molecule has 3 aromatic rings. The van der Waals surface area contributed by atoms with Gasteiger partial charge < -0.3 is 19.5 Å². The number of halogens is 4. The van der Waals surface area contributed by atoms with Crippen molar-refractivity contribution < 1.29 is 23.4 Å². The number of nitrogens with zero attached hydrogens (tertiary/aromatic N) is 4. The topological polar surface area (TPSA) is 98.2 Å². The van der Waals surface area contributed by atoms with Crippen LogP contribution in [-0.4, -0.2) is 73.6 Å². The standard InChI is InChI=1S/C27H31ClFN5O4.2ClH/c1-17(35)32-19-6-7-34(8-9-36-2)25(13-19)21-14-20-24(15-26(21)38-11-10-37-3)30-16-31-27(20)33-18-4-5-23(29)22(28)12-18;;/h4-5,12,14-16,25H,6-11,13H2,1-3H3,(H,30,31,33);2*1H. The Labute approximate surface area is 250 Å². The van der Waals surface area contributed by atoms with Crippen molar-refractivity contribution >= 4 is 70.4 Å².